The van der Waals surface area contributed by atoms with Crippen LogP contribution in [-0.4, -0.2) is 4.99 Å². The van der Waals surface area contributed by atoms with Crippen molar-refractivity contribution in [1.29, 1.82) is 0 Å². The maximum atomic E-state index is 13.9. The lowest BCUT2D eigenvalue weighted by molar-refractivity contribution is 0.621. The fraction of sp³-hybridized carbons (Fsp3) is 0.133. The van der Waals surface area contributed by atoms with Gasteiger partial charge >= 0.3 is 0 Å². The molecule has 2 aromatic carbocycles. The van der Waals surface area contributed by atoms with Gasteiger partial charge < -0.3 is 11.1 Å². The summed E-state index contributed by atoms with van der Waals surface area (Å²) in [5.41, 5.74) is 6.98. The second-order valence-corrected chi connectivity index (χ2v) is 4.92. The highest BCUT2D eigenvalue weighted by atomic mass is 32.1. The number of rotatable bonds is 4. The topological polar surface area (TPSA) is 38.0 Å². The van der Waals surface area contributed by atoms with Crippen LogP contribution in [0.3, 0.4) is 0 Å². The second kappa shape index (κ2) is 5.96. The number of thiocarbonyl (C=S) groups is 1. The lowest BCUT2D eigenvalue weighted by atomic mass is 10.1. The Hall–Kier alpha value is -2.01. The number of nitrogens with one attached hydrogen (secondary N) is 1. The molecule has 0 aliphatic carbocycles. The summed E-state index contributed by atoms with van der Waals surface area (Å²) in [4.78, 5) is 0.147. The van der Waals surface area contributed by atoms with Crippen LogP contribution in [0.4, 0.5) is 14.5 Å². The molecule has 3 N–H and O–H groups in total. The fourth-order valence-corrected chi connectivity index (χ4v) is 2.00. The number of hydrogen-bond acceptors (Lipinski definition) is 2. The number of nitrogens with two attached hydrogens (primary N) is 1. The molecule has 2 aromatic rings. The molecule has 1 unspecified atom stereocenters. The van der Waals surface area contributed by atoms with Gasteiger partial charge in [0.25, 0.3) is 0 Å². The third-order valence-electron chi connectivity index (χ3n) is 2.97. The van der Waals surface area contributed by atoms with E-state index in [1.165, 1.54) is 18.2 Å². The van der Waals surface area contributed by atoms with Crippen LogP contribution in [-0.2, 0) is 0 Å². The van der Waals surface area contributed by atoms with Gasteiger partial charge in [0, 0.05) is 11.6 Å². The van der Waals surface area contributed by atoms with E-state index in [1.54, 1.807) is 24.3 Å². The first-order chi connectivity index (χ1) is 9.47. The molecule has 2 nitrogen and oxygen atoms in total. The molecule has 0 fully saturated rings. The molecule has 0 saturated carbocycles. The van der Waals surface area contributed by atoms with Gasteiger partial charge in [-0.3, -0.25) is 0 Å². The van der Waals surface area contributed by atoms with Crippen molar-refractivity contribution in [3.05, 3.63) is 65.2 Å². The smallest absolute Gasteiger partial charge is 0.147 e. The molecule has 0 bridgehead atoms. The van der Waals surface area contributed by atoms with E-state index < -0.39 is 5.82 Å². The van der Waals surface area contributed by atoms with Crippen LogP contribution < -0.4 is 11.1 Å². The summed E-state index contributed by atoms with van der Waals surface area (Å²) in [5, 5.41) is 2.99. The van der Waals surface area contributed by atoms with Gasteiger partial charge in [-0.15, -0.1) is 0 Å². The molecule has 0 amide bonds. The number of halogens is 2. The van der Waals surface area contributed by atoms with Crippen molar-refractivity contribution in [1.82, 2.24) is 0 Å². The minimum absolute atomic E-state index is 0.147. The first kappa shape index (κ1) is 14.4. The van der Waals surface area contributed by atoms with Crippen LogP contribution in [0.2, 0.25) is 0 Å². The number of hydrogen-bond donors (Lipinski definition) is 2. The summed E-state index contributed by atoms with van der Waals surface area (Å²) in [6, 6.07) is 10.5. The van der Waals surface area contributed by atoms with E-state index in [9.17, 15) is 8.78 Å². The van der Waals surface area contributed by atoms with Crippen molar-refractivity contribution in [2.75, 3.05) is 5.32 Å². The standard InChI is InChI=1S/C15H14F2N2S/c1-9(10-3-2-4-12(16)7-10)19-14-6-5-11(15(18)20)8-13(14)17/h2-9,19H,1H3,(H2,18,20). The normalized spacial score (nSPS) is 11.9. The molecule has 2 rings (SSSR count). The Balaban J connectivity index is 2.19. The summed E-state index contributed by atoms with van der Waals surface area (Å²) in [6.07, 6.45) is 0. The molecule has 20 heavy (non-hydrogen) atoms. The van der Waals surface area contributed by atoms with Crippen molar-refractivity contribution in [3.8, 4) is 0 Å². The van der Waals surface area contributed by atoms with Crippen molar-refractivity contribution in [2.24, 2.45) is 5.73 Å². The van der Waals surface area contributed by atoms with Crippen LogP contribution in [0.1, 0.15) is 24.1 Å². The van der Waals surface area contributed by atoms with Crippen molar-refractivity contribution in [2.45, 2.75) is 13.0 Å². The van der Waals surface area contributed by atoms with Crippen LogP contribution in [0.25, 0.3) is 0 Å². The third-order valence-corrected chi connectivity index (χ3v) is 3.21. The van der Waals surface area contributed by atoms with Crippen LogP contribution in [0, 0.1) is 11.6 Å². The first-order valence-electron chi connectivity index (χ1n) is 6.08. The summed E-state index contributed by atoms with van der Waals surface area (Å²) in [6.45, 7) is 1.83. The highest BCUT2D eigenvalue weighted by Gasteiger charge is 2.10. The van der Waals surface area contributed by atoms with Gasteiger partial charge in [0.05, 0.1) is 5.69 Å². The predicted molar refractivity (Wildman–Crippen MR) is 80.7 cm³/mol. The Morgan fingerprint density at radius 1 is 1.20 bits per heavy atom. The number of anilines is 1. The van der Waals surface area contributed by atoms with Gasteiger partial charge in [0.2, 0.25) is 0 Å². The average molecular weight is 292 g/mol. The van der Waals surface area contributed by atoms with Gasteiger partial charge in [0.1, 0.15) is 16.6 Å². The predicted octanol–water partition coefficient (Wildman–Crippen LogP) is 3.77. The fourth-order valence-electron chi connectivity index (χ4n) is 1.88. The van der Waals surface area contributed by atoms with Gasteiger partial charge in [-0.2, -0.15) is 0 Å². The molecular formula is C15H14F2N2S. The van der Waals surface area contributed by atoms with E-state index in [0.717, 1.165) is 5.56 Å². The first-order valence-corrected chi connectivity index (χ1v) is 6.49. The third kappa shape index (κ3) is 3.30. The van der Waals surface area contributed by atoms with Gasteiger partial charge in [-0.05, 0) is 42.8 Å². The maximum absolute atomic E-state index is 13.9. The summed E-state index contributed by atoms with van der Waals surface area (Å²) < 4.78 is 27.1. The van der Waals surface area contributed by atoms with Gasteiger partial charge in [-0.25, -0.2) is 8.78 Å². The van der Waals surface area contributed by atoms with E-state index in [-0.39, 0.29) is 16.8 Å². The zero-order chi connectivity index (χ0) is 14.7. The Labute approximate surface area is 121 Å². The molecule has 0 aliphatic heterocycles. The Morgan fingerprint density at radius 2 is 1.95 bits per heavy atom. The Bertz CT molecular complexity index is 644. The van der Waals surface area contributed by atoms with Crippen LogP contribution in [0.15, 0.2) is 42.5 Å². The molecule has 0 aliphatic rings. The van der Waals surface area contributed by atoms with Crippen molar-refractivity contribution in [3.63, 3.8) is 0 Å². The zero-order valence-corrected chi connectivity index (χ0v) is 11.7. The van der Waals surface area contributed by atoms with E-state index >= 15 is 0 Å². The molecule has 0 aromatic heterocycles. The Morgan fingerprint density at radius 3 is 2.55 bits per heavy atom. The maximum Gasteiger partial charge on any atom is 0.147 e. The van der Waals surface area contributed by atoms with Gasteiger partial charge in [0.15, 0.2) is 0 Å². The van der Waals surface area contributed by atoms with Crippen LogP contribution >= 0.6 is 12.2 Å². The molecular weight excluding hydrogens is 278 g/mol. The summed E-state index contributed by atoms with van der Waals surface area (Å²) in [5.74, 6) is -0.765. The molecule has 0 heterocycles. The highest BCUT2D eigenvalue weighted by Crippen LogP contribution is 2.23. The lowest BCUT2D eigenvalue weighted by Gasteiger charge is -2.16. The molecule has 0 radical (unpaired) electrons. The minimum Gasteiger partial charge on any atom is -0.389 e. The van der Waals surface area contributed by atoms with Gasteiger partial charge in [-0.1, -0.05) is 24.4 Å². The van der Waals surface area contributed by atoms with E-state index in [0.29, 0.717) is 11.3 Å². The SMILES string of the molecule is CC(Nc1ccc(C(N)=S)cc1F)c1cccc(F)c1. The second-order valence-electron chi connectivity index (χ2n) is 4.48. The largest absolute Gasteiger partial charge is 0.389 e. The quantitative estimate of drug-likeness (QED) is 0.842. The molecule has 104 valence electrons. The molecule has 0 spiro atoms. The Kier molecular flexibility index (Phi) is 4.29. The van der Waals surface area contributed by atoms with Crippen molar-refractivity contribution < 1.29 is 8.78 Å². The average Bonchev–Trinajstić information content (AvgIpc) is 2.40. The van der Waals surface area contributed by atoms with Crippen LogP contribution in [0.5, 0.6) is 0 Å². The monoisotopic (exact) mass is 292 g/mol. The van der Waals surface area contributed by atoms with E-state index in [1.807, 2.05) is 6.92 Å². The summed E-state index contributed by atoms with van der Waals surface area (Å²) in [7, 11) is 0. The molecule has 5 heteroatoms. The number of benzene rings is 2. The minimum atomic E-state index is -0.446. The van der Waals surface area contributed by atoms with Crippen molar-refractivity contribution >= 4 is 22.9 Å². The van der Waals surface area contributed by atoms with E-state index in [2.05, 4.69) is 5.32 Å². The summed E-state index contributed by atoms with van der Waals surface area (Å²) >= 11 is 4.79. The zero-order valence-electron chi connectivity index (χ0n) is 10.9. The lowest BCUT2D eigenvalue weighted by Crippen LogP contribution is -2.12. The molecule has 0 saturated heterocycles. The van der Waals surface area contributed by atoms with E-state index in [4.69, 9.17) is 18.0 Å². The highest BCUT2D eigenvalue weighted by molar-refractivity contribution is 7.80. The molecule has 1 atom stereocenters.